The molecule has 0 saturated carbocycles. The molecule has 1 aliphatic heterocycles. The van der Waals surface area contributed by atoms with Gasteiger partial charge in [-0.15, -0.1) is 11.3 Å². The van der Waals surface area contributed by atoms with E-state index in [-0.39, 0.29) is 17.9 Å². The van der Waals surface area contributed by atoms with Crippen molar-refractivity contribution in [3.8, 4) is 5.75 Å². The van der Waals surface area contributed by atoms with Crippen molar-refractivity contribution in [2.75, 3.05) is 25.1 Å². The van der Waals surface area contributed by atoms with Gasteiger partial charge >= 0.3 is 0 Å². The van der Waals surface area contributed by atoms with Gasteiger partial charge in [-0.25, -0.2) is 9.97 Å². The number of methoxy groups -OCH3 is 1. The second-order valence-corrected chi connectivity index (χ2v) is 8.74. The summed E-state index contributed by atoms with van der Waals surface area (Å²) in [6.07, 6.45) is 2.73. The van der Waals surface area contributed by atoms with E-state index in [9.17, 15) is 4.79 Å². The summed E-state index contributed by atoms with van der Waals surface area (Å²) in [4.78, 5) is 25.9. The van der Waals surface area contributed by atoms with E-state index in [2.05, 4.69) is 28.6 Å². The minimum atomic E-state index is -0.0577. The lowest BCUT2D eigenvalue weighted by atomic mass is 9.96. The lowest BCUT2D eigenvalue weighted by molar-refractivity contribution is -0.126. The average molecular weight is 425 g/mol. The molecular formula is C23H28N4O2S. The number of ether oxygens (including phenoxy) is 1. The highest BCUT2D eigenvalue weighted by Gasteiger charge is 2.29. The fourth-order valence-electron chi connectivity index (χ4n) is 4.05. The third-order valence-corrected chi connectivity index (χ3v) is 6.76. The predicted molar refractivity (Wildman–Crippen MR) is 121 cm³/mol. The Bertz CT molecular complexity index is 1020. The summed E-state index contributed by atoms with van der Waals surface area (Å²) in [7, 11) is 1.66. The highest BCUT2D eigenvalue weighted by Crippen LogP contribution is 2.27. The van der Waals surface area contributed by atoms with Crippen LogP contribution in [-0.4, -0.2) is 36.1 Å². The second-order valence-electron chi connectivity index (χ2n) is 7.76. The lowest BCUT2D eigenvalue weighted by Crippen LogP contribution is -2.44. The standard InChI is InChI=1S/C23H28N4O2S/c1-4-19(21-8-6-12-30-21)25-22(28)16-7-5-11-27(14-16)23-24-15(2)18-10-9-17(29-3)13-20(18)26-23/h6,8-10,12-13,16,19H,4-5,7,11,14H2,1-3H3,(H,25,28). The molecule has 30 heavy (non-hydrogen) atoms. The van der Waals surface area contributed by atoms with Crippen molar-refractivity contribution < 1.29 is 9.53 Å². The topological polar surface area (TPSA) is 67.4 Å². The van der Waals surface area contributed by atoms with E-state index in [1.807, 2.05) is 31.2 Å². The molecule has 1 N–H and O–H groups in total. The van der Waals surface area contributed by atoms with E-state index in [0.29, 0.717) is 12.5 Å². The number of thiophene rings is 1. The minimum absolute atomic E-state index is 0.0577. The molecule has 1 aromatic carbocycles. The van der Waals surface area contributed by atoms with Gasteiger partial charge in [0.1, 0.15) is 5.75 Å². The van der Waals surface area contributed by atoms with Gasteiger partial charge in [0.25, 0.3) is 0 Å². The van der Waals surface area contributed by atoms with Gasteiger partial charge in [-0.3, -0.25) is 4.79 Å². The summed E-state index contributed by atoms with van der Waals surface area (Å²) in [5.74, 6) is 1.54. The van der Waals surface area contributed by atoms with Crippen LogP contribution in [0.15, 0.2) is 35.7 Å². The molecule has 0 bridgehead atoms. The maximum absolute atomic E-state index is 13.0. The van der Waals surface area contributed by atoms with Gasteiger partial charge in [-0.2, -0.15) is 0 Å². The summed E-state index contributed by atoms with van der Waals surface area (Å²) in [6.45, 7) is 5.61. The van der Waals surface area contributed by atoms with E-state index >= 15 is 0 Å². The van der Waals surface area contributed by atoms with Crippen LogP contribution in [0.4, 0.5) is 5.95 Å². The monoisotopic (exact) mass is 424 g/mol. The highest BCUT2D eigenvalue weighted by molar-refractivity contribution is 7.10. The van der Waals surface area contributed by atoms with Crippen LogP contribution in [0.5, 0.6) is 5.75 Å². The number of aryl methyl sites for hydroxylation is 1. The molecule has 0 aliphatic carbocycles. The summed E-state index contributed by atoms with van der Waals surface area (Å²) >= 11 is 1.69. The molecule has 2 aromatic heterocycles. The number of rotatable bonds is 6. The zero-order chi connectivity index (χ0) is 21.1. The Morgan fingerprint density at radius 1 is 1.37 bits per heavy atom. The first-order chi connectivity index (χ1) is 14.6. The molecule has 0 spiro atoms. The van der Waals surface area contributed by atoms with Gasteiger partial charge < -0.3 is 15.0 Å². The van der Waals surface area contributed by atoms with Crippen molar-refractivity contribution in [2.45, 2.75) is 39.2 Å². The van der Waals surface area contributed by atoms with Crippen LogP contribution in [0.1, 0.15) is 42.8 Å². The quantitative estimate of drug-likeness (QED) is 0.631. The zero-order valence-corrected chi connectivity index (χ0v) is 18.5. The summed E-state index contributed by atoms with van der Waals surface area (Å²) in [5, 5.41) is 6.33. The first-order valence-corrected chi connectivity index (χ1v) is 11.4. The largest absolute Gasteiger partial charge is 0.497 e. The maximum Gasteiger partial charge on any atom is 0.226 e. The van der Waals surface area contributed by atoms with E-state index in [0.717, 1.165) is 48.2 Å². The van der Waals surface area contributed by atoms with Crippen molar-refractivity contribution in [3.63, 3.8) is 0 Å². The van der Waals surface area contributed by atoms with E-state index in [1.54, 1.807) is 18.4 Å². The van der Waals surface area contributed by atoms with Crippen LogP contribution in [0.25, 0.3) is 10.9 Å². The number of carbonyl (C=O) groups is 1. The van der Waals surface area contributed by atoms with Gasteiger partial charge in [-0.05, 0) is 49.8 Å². The number of carbonyl (C=O) groups excluding carboxylic acids is 1. The van der Waals surface area contributed by atoms with Crippen LogP contribution in [0.2, 0.25) is 0 Å². The number of anilines is 1. The fraction of sp³-hybridized carbons (Fsp3) is 0.435. The van der Waals surface area contributed by atoms with E-state index in [1.165, 1.54) is 4.88 Å². The number of amides is 1. The van der Waals surface area contributed by atoms with Crippen molar-refractivity contribution in [2.24, 2.45) is 5.92 Å². The average Bonchev–Trinajstić information content (AvgIpc) is 3.31. The Morgan fingerprint density at radius 3 is 2.97 bits per heavy atom. The Balaban J connectivity index is 1.51. The third-order valence-electron chi connectivity index (χ3n) is 5.77. The summed E-state index contributed by atoms with van der Waals surface area (Å²) in [6, 6.07) is 10.1. The number of piperidine rings is 1. The highest BCUT2D eigenvalue weighted by atomic mass is 32.1. The number of fused-ring (bicyclic) bond motifs is 1. The number of nitrogens with one attached hydrogen (secondary N) is 1. The second kappa shape index (κ2) is 9.00. The predicted octanol–water partition coefficient (Wildman–Crippen LogP) is 4.49. The van der Waals surface area contributed by atoms with Gasteiger partial charge in [0.05, 0.1) is 30.3 Å². The molecule has 1 amide bonds. The van der Waals surface area contributed by atoms with Crippen LogP contribution in [-0.2, 0) is 4.79 Å². The molecule has 1 aliphatic rings. The Labute approximate surface area is 181 Å². The first-order valence-electron chi connectivity index (χ1n) is 10.5. The third kappa shape index (κ3) is 4.26. The summed E-state index contributed by atoms with van der Waals surface area (Å²) < 4.78 is 5.35. The van der Waals surface area contributed by atoms with Crippen LogP contribution >= 0.6 is 11.3 Å². The Kier molecular flexibility index (Phi) is 6.18. The van der Waals surface area contributed by atoms with Crippen molar-refractivity contribution in [3.05, 3.63) is 46.3 Å². The molecule has 2 atom stereocenters. The molecular weight excluding hydrogens is 396 g/mol. The van der Waals surface area contributed by atoms with Crippen molar-refractivity contribution in [1.82, 2.24) is 15.3 Å². The van der Waals surface area contributed by atoms with Gasteiger partial charge in [-0.1, -0.05) is 13.0 Å². The van der Waals surface area contributed by atoms with Gasteiger partial charge in [0.2, 0.25) is 11.9 Å². The Hall–Kier alpha value is -2.67. The molecule has 2 unspecified atom stereocenters. The van der Waals surface area contributed by atoms with Crippen LogP contribution in [0, 0.1) is 12.8 Å². The fourth-order valence-corrected chi connectivity index (χ4v) is 4.91. The van der Waals surface area contributed by atoms with Crippen molar-refractivity contribution in [1.29, 1.82) is 0 Å². The van der Waals surface area contributed by atoms with E-state index < -0.39 is 0 Å². The molecule has 7 heteroatoms. The normalized spacial score (nSPS) is 17.7. The number of benzene rings is 1. The number of hydrogen-bond donors (Lipinski definition) is 1. The molecule has 3 heterocycles. The van der Waals surface area contributed by atoms with Crippen molar-refractivity contribution >= 4 is 34.1 Å². The van der Waals surface area contributed by atoms with Crippen LogP contribution in [0.3, 0.4) is 0 Å². The SMILES string of the molecule is CCC(NC(=O)C1CCCN(c2nc(C)c3ccc(OC)cc3n2)C1)c1cccs1. The molecule has 6 nitrogen and oxygen atoms in total. The first kappa shape index (κ1) is 20.6. The molecule has 3 aromatic rings. The molecule has 158 valence electrons. The molecule has 0 radical (unpaired) electrons. The summed E-state index contributed by atoms with van der Waals surface area (Å²) in [5.41, 5.74) is 1.81. The number of aromatic nitrogens is 2. The Morgan fingerprint density at radius 2 is 2.23 bits per heavy atom. The van der Waals surface area contributed by atoms with E-state index in [4.69, 9.17) is 14.7 Å². The minimum Gasteiger partial charge on any atom is -0.497 e. The molecule has 1 saturated heterocycles. The molecule has 1 fully saturated rings. The maximum atomic E-state index is 13.0. The lowest BCUT2D eigenvalue weighted by Gasteiger charge is -2.33. The van der Waals surface area contributed by atoms with Gasteiger partial charge in [0.15, 0.2) is 0 Å². The van der Waals surface area contributed by atoms with Crippen LogP contribution < -0.4 is 15.0 Å². The smallest absolute Gasteiger partial charge is 0.226 e. The number of nitrogens with zero attached hydrogens (tertiary/aromatic N) is 3. The number of hydrogen-bond acceptors (Lipinski definition) is 6. The van der Waals surface area contributed by atoms with Gasteiger partial charge in [0, 0.05) is 29.4 Å². The molecule has 4 rings (SSSR count). The zero-order valence-electron chi connectivity index (χ0n) is 17.7.